The van der Waals surface area contributed by atoms with Crippen molar-refractivity contribution in [3.05, 3.63) is 39.5 Å². The molecule has 0 spiro atoms. The number of nitro groups is 1. The topological polar surface area (TPSA) is 74.4 Å². The van der Waals surface area contributed by atoms with E-state index in [1.807, 2.05) is 0 Å². The van der Waals surface area contributed by atoms with Crippen LogP contribution in [0.15, 0.2) is 24.4 Å². The van der Waals surface area contributed by atoms with Crippen LogP contribution < -0.4 is 0 Å². The van der Waals surface area contributed by atoms with Crippen molar-refractivity contribution >= 4 is 34.3 Å². The number of aromatic nitrogens is 1. The van der Waals surface area contributed by atoms with Crippen LogP contribution in [-0.2, 0) is 4.74 Å². The molecule has 1 heterocycles. The van der Waals surface area contributed by atoms with Gasteiger partial charge in [-0.1, -0.05) is 11.6 Å². The summed E-state index contributed by atoms with van der Waals surface area (Å²) in [6.07, 6.45) is 0.734. The van der Waals surface area contributed by atoms with Gasteiger partial charge in [-0.3, -0.25) is 14.7 Å². The third-order valence-electron chi connectivity index (χ3n) is 2.34. The van der Waals surface area contributed by atoms with Crippen molar-refractivity contribution in [2.24, 2.45) is 0 Å². The molecule has 0 unspecified atom stereocenters. The number of non-ortho nitro benzene ring substituents is 1. The maximum atomic E-state index is 11.4. The first kappa shape index (κ1) is 11.4. The van der Waals surface area contributed by atoms with Crippen LogP contribution in [0.25, 0.3) is 10.9 Å². The molecule has 0 aliphatic heterocycles. The number of nitrogens with zero attached hydrogens (tertiary/aromatic N) is 2. The summed E-state index contributed by atoms with van der Waals surface area (Å²) in [4.78, 5) is 21.7. The van der Waals surface area contributed by atoms with Crippen LogP contribution in [0.3, 0.4) is 0 Å². The molecule has 1 aromatic carbocycles. The number of benzene rings is 1. The number of halogens is 1. The molecule has 6 nitrogen and oxygen atoms in total. The molecule has 0 saturated heterocycles. The molecule has 2 aromatic rings. The van der Waals surface area contributed by atoms with Crippen LogP contribution >= 0.6 is 11.6 Å². The molecular formula is C10H7ClN2O4. The average molecular weight is 255 g/mol. The first-order valence-corrected chi connectivity index (χ1v) is 4.96. The minimum Gasteiger partial charge on any atom is -0.452 e. The summed E-state index contributed by atoms with van der Waals surface area (Å²) >= 11 is 5.93. The number of rotatable bonds is 1. The van der Waals surface area contributed by atoms with Crippen molar-refractivity contribution in [3.8, 4) is 0 Å². The van der Waals surface area contributed by atoms with Crippen molar-refractivity contribution in [2.45, 2.75) is 0 Å². The normalized spacial score (nSPS) is 10.5. The first-order valence-electron chi connectivity index (χ1n) is 4.58. The predicted molar refractivity (Wildman–Crippen MR) is 61.4 cm³/mol. The molecule has 0 radical (unpaired) electrons. The fraction of sp³-hybridized carbons (Fsp3) is 0.100. The van der Waals surface area contributed by atoms with Crippen molar-refractivity contribution in [2.75, 3.05) is 7.11 Å². The summed E-state index contributed by atoms with van der Waals surface area (Å²) in [6, 6.07) is 4.13. The molecule has 1 aromatic heterocycles. The van der Waals surface area contributed by atoms with Gasteiger partial charge in [-0.15, -0.1) is 0 Å². The van der Waals surface area contributed by atoms with Crippen LogP contribution in [-0.4, -0.2) is 22.7 Å². The molecular weight excluding hydrogens is 248 g/mol. The Kier molecular flexibility index (Phi) is 2.72. The maximum absolute atomic E-state index is 11.4. The molecule has 0 saturated carbocycles. The second-order valence-corrected chi connectivity index (χ2v) is 3.65. The molecule has 7 heteroatoms. The molecule has 0 aliphatic carbocycles. The number of fused-ring (bicyclic) bond motifs is 1. The minimum absolute atomic E-state index is 0.105. The molecule has 0 N–H and O–H groups in total. The highest BCUT2D eigenvalue weighted by Gasteiger charge is 2.19. The zero-order valence-electron chi connectivity index (χ0n) is 8.71. The molecule has 0 amide bonds. The Morgan fingerprint density at radius 1 is 1.47 bits per heavy atom. The second kappa shape index (κ2) is 4.06. The van der Waals surface area contributed by atoms with E-state index in [0.717, 1.165) is 4.57 Å². The lowest BCUT2D eigenvalue weighted by Gasteiger charge is -2.03. The minimum atomic E-state index is -0.651. The first-order chi connectivity index (χ1) is 8.06. The number of methoxy groups -OCH3 is 1. The van der Waals surface area contributed by atoms with Gasteiger partial charge in [0.25, 0.3) is 5.69 Å². The summed E-state index contributed by atoms with van der Waals surface area (Å²) in [6.45, 7) is 0. The number of ether oxygens (including phenoxy) is 1. The van der Waals surface area contributed by atoms with Gasteiger partial charge in [0.1, 0.15) is 0 Å². The maximum Gasteiger partial charge on any atom is 0.418 e. The van der Waals surface area contributed by atoms with E-state index in [-0.39, 0.29) is 16.2 Å². The number of carbonyl (C=O) groups is 1. The van der Waals surface area contributed by atoms with Gasteiger partial charge in [0.2, 0.25) is 0 Å². The molecule has 2 rings (SSSR count). The van der Waals surface area contributed by atoms with E-state index < -0.39 is 11.0 Å². The molecule has 88 valence electrons. The summed E-state index contributed by atoms with van der Waals surface area (Å²) in [5, 5.41) is 11.4. The van der Waals surface area contributed by atoms with E-state index in [9.17, 15) is 14.9 Å². The van der Waals surface area contributed by atoms with Crippen LogP contribution in [0.1, 0.15) is 0 Å². The van der Waals surface area contributed by atoms with Gasteiger partial charge in [0, 0.05) is 12.3 Å². The van der Waals surface area contributed by atoms with Gasteiger partial charge in [0.05, 0.1) is 28.0 Å². The smallest absolute Gasteiger partial charge is 0.418 e. The summed E-state index contributed by atoms with van der Waals surface area (Å²) in [7, 11) is 1.22. The van der Waals surface area contributed by atoms with Crippen LogP contribution in [0, 0.1) is 10.1 Å². The molecule has 0 atom stereocenters. The predicted octanol–water partition coefficient (Wildman–Crippen LogP) is 2.82. The van der Waals surface area contributed by atoms with Gasteiger partial charge in [-0.25, -0.2) is 4.79 Å². The zero-order valence-corrected chi connectivity index (χ0v) is 9.47. The van der Waals surface area contributed by atoms with Gasteiger partial charge < -0.3 is 4.74 Å². The SMILES string of the molecule is COC(=O)n1ccc2c([N+](=O)[O-])ccc(Cl)c21. The number of hydrogen-bond donors (Lipinski definition) is 0. The Hall–Kier alpha value is -2.08. The quantitative estimate of drug-likeness (QED) is 0.579. The largest absolute Gasteiger partial charge is 0.452 e. The average Bonchev–Trinajstić information content (AvgIpc) is 2.73. The molecule has 0 bridgehead atoms. The highest BCUT2D eigenvalue weighted by atomic mass is 35.5. The highest BCUT2D eigenvalue weighted by molar-refractivity contribution is 6.35. The number of carbonyl (C=O) groups excluding carboxylic acids is 1. The van der Waals surface area contributed by atoms with E-state index in [1.54, 1.807) is 0 Å². The van der Waals surface area contributed by atoms with Crippen molar-refractivity contribution < 1.29 is 14.5 Å². The summed E-state index contributed by atoms with van der Waals surface area (Å²) < 4.78 is 5.68. The van der Waals surface area contributed by atoms with Gasteiger partial charge in [-0.05, 0) is 12.1 Å². The highest BCUT2D eigenvalue weighted by Crippen LogP contribution is 2.32. The fourth-order valence-electron chi connectivity index (χ4n) is 1.61. The van der Waals surface area contributed by atoms with Crippen LogP contribution in [0.4, 0.5) is 10.5 Å². The van der Waals surface area contributed by atoms with Gasteiger partial charge in [0.15, 0.2) is 0 Å². The Bertz CT molecular complexity index is 620. The van der Waals surface area contributed by atoms with Crippen molar-refractivity contribution in [1.29, 1.82) is 0 Å². The van der Waals surface area contributed by atoms with Crippen LogP contribution in [0.2, 0.25) is 5.02 Å². The van der Waals surface area contributed by atoms with Gasteiger partial charge in [-0.2, -0.15) is 0 Å². The van der Waals surface area contributed by atoms with Crippen LogP contribution in [0.5, 0.6) is 0 Å². The van der Waals surface area contributed by atoms with E-state index in [4.69, 9.17) is 11.6 Å². The van der Waals surface area contributed by atoms with Crippen molar-refractivity contribution in [1.82, 2.24) is 4.57 Å². The Labute approximate surface area is 100 Å². The van der Waals surface area contributed by atoms with E-state index >= 15 is 0 Å². The Balaban J connectivity index is 2.80. The van der Waals surface area contributed by atoms with Crippen molar-refractivity contribution in [3.63, 3.8) is 0 Å². The molecule has 0 aliphatic rings. The third-order valence-corrected chi connectivity index (χ3v) is 2.65. The lowest BCUT2D eigenvalue weighted by atomic mass is 10.2. The standard InChI is InChI=1S/C10H7ClN2O4/c1-17-10(14)12-5-4-6-8(13(15)16)3-2-7(11)9(6)12/h2-5H,1H3. The zero-order chi connectivity index (χ0) is 12.6. The summed E-state index contributed by atoms with van der Waals surface area (Å²) in [5.74, 6) is 0. The monoisotopic (exact) mass is 254 g/mol. The third kappa shape index (κ3) is 1.72. The van der Waals surface area contributed by atoms with E-state index in [0.29, 0.717) is 5.39 Å². The molecule has 17 heavy (non-hydrogen) atoms. The van der Waals surface area contributed by atoms with Gasteiger partial charge >= 0.3 is 6.09 Å². The lowest BCUT2D eigenvalue weighted by Crippen LogP contribution is -2.09. The van der Waals surface area contributed by atoms with E-state index in [1.165, 1.54) is 31.5 Å². The Morgan fingerprint density at radius 3 is 2.76 bits per heavy atom. The lowest BCUT2D eigenvalue weighted by molar-refractivity contribution is -0.383. The Morgan fingerprint density at radius 2 is 2.18 bits per heavy atom. The summed E-state index contributed by atoms with van der Waals surface area (Å²) in [5.41, 5.74) is 0.166. The number of nitro benzene ring substituents is 1. The molecule has 0 fully saturated rings. The fourth-order valence-corrected chi connectivity index (χ4v) is 1.87. The van der Waals surface area contributed by atoms with E-state index in [2.05, 4.69) is 4.74 Å². The second-order valence-electron chi connectivity index (χ2n) is 3.24. The number of hydrogen-bond acceptors (Lipinski definition) is 4.